The quantitative estimate of drug-likeness (QED) is 0.530. The highest BCUT2D eigenvalue weighted by atomic mass is 32.2. The lowest BCUT2D eigenvalue weighted by Crippen LogP contribution is -2.17. The molecule has 0 atom stereocenters. The minimum absolute atomic E-state index is 0.766. The van der Waals surface area contributed by atoms with E-state index in [9.17, 15) is 0 Å². The third kappa shape index (κ3) is 3.62. The van der Waals surface area contributed by atoms with E-state index in [1.807, 2.05) is 13.1 Å². The third-order valence-electron chi connectivity index (χ3n) is 3.61. The number of aryl methyl sites for hydroxylation is 1. The standard InChI is InChI=1S/C16H19N5OS/c1-21-16(18-19-20-21)23-10-9-17-11-14-13-6-4-3-5-12(13)7-8-15(14)22-2/h3-8,17H,9-11H2,1-2H3. The molecular weight excluding hydrogens is 310 g/mol. The van der Waals surface area contributed by atoms with E-state index >= 15 is 0 Å². The van der Waals surface area contributed by atoms with Crippen LogP contribution in [0.1, 0.15) is 5.56 Å². The molecule has 0 saturated carbocycles. The molecule has 120 valence electrons. The molecule has 0 bridgehead atoms. The number of rotatable bonds is 7. The van der Waals surface area contributed by atoms with Crippen molar-refractivity contribution in [1.82, 2.24) is 25.5 Å². The lowest BCUT2D eigenvalue weighted by atomic mass is 10.0. The van der Waals surface area contributed by atoms with E-state index in [0.717, 1.165) is 29.7 Å². The van der Waals surface area contributed by atoms with Gasteiger partial charge in [0, 0.05) is 31.5 Å². The maximum atomic E-state index is 5.51. The van der Waals surface area contributed by atoms with Crippen LogP contribution < -0.4 is 10.1 Å². The topological polar surface area (TPSA) is 64.9 Å². The number of nitrogens with zero attached hydrogens (tertiary/aromatic N) is 4. The van der Waals surface area contributed by atoms with Crippen LogP contribution in [0.25, 0.3) is 10.8 Å². The van der Waals surface area contributed by atoms with Crippen LogP contribution in [0.5, 0.6) is 5.75 Å². The maximum Gasteiger partial charge on any atom is 0.209 e. The summed E-state index contributed by atoms with van der Waals surface area (Å²) in [5.74, 6) is 1.82. The van der Waals surface area contributed by atoms with Crippen LogP contribution >= 0.6 is 11.8 Å². The van der Waals surface area contributed by atoms with Crippen molar-refractivity contribution in [2.45, 2.75) is 11.7 Å². The molecule has 1 heterocycles. The normalized spacial score (nSPS) is 11.0. The molecule has 2 aromatic carbocycles. The predicted molar refractivity (Wildman–Crippen MR) is 91.7 cm³/mol. The summed E-state index contributed by atoms with van der Waals surface area (Å²) < 4.78 is 7.19. The van der Waals surface area contributed by atoms with Gasteiger partial charge in [-0.05, 0) is 27.3 Å². The van der Waals surface area contributed by atoms with E-state index < -0.39 is 0 Å². The van der Waals surface area contributed by atoms with Crippen LogP contribution in [-0.2, 0) is 13.6 Å². The SMILES string of the molecule is COc1ccc2ccccc2c1CNCCSc1nnnn1C. The fourth-order valence-electron chi connectivity index (χ4n) is 2.46. The largest absolute Gasteiger partial charge is 0.496 e. The van der Waals surface area contributed by atoms with Gasteiger partial charge >= 0.3 is 0 Å². The molecule has 3 aromatic rings. The number of benzene rings is 2. The van der Waals surface area contributed by atoms with Gasteiger partial charge in [-0.25, -0.2) is 4.68 Å². The zero-order chi connectivity index (χ0) is 16.1. The number of fused-ring (bicyclic) bond motifs is 1. The molecule has 23 heavy (non-hydrogen) atoms. The van der Waals surface area contributed by atoms with E-state index in [4.69, 9.17) is 4.74 Å². The first-order valence-electron chi connectivity index (χ1n) is 7.40. The van der Waals surface area contributed by atoms with Crippen molar-refractivity contribution >= 4 is 22.5 Å². The molecule has 0 aliphatic carbocycles. The van der Waals surface area contributed by atoms with E-state index in [1.165, 1.54) is 16.3 Å². The first-order valence-corrected chi connectivity index (χ1v) is 8.38. The van der Waals surface area contributed by atoms with Crippen LogP contribution in [0.3, 0.4) is 0 Å². The average molecular weight is 329 g/mol. The third-order valence-corrected chi connectivity index (χ3v) is 4.62. The number of hydrogen-bond acceptors (Lipinski definition) is 6. The second-order valence-electron chi connectivity index (χ2n) is 5.08. The molecule has 0 aliphatic rings. The van der Waals surface area contributed by atoms with E-state index in [2.05, 4.69) is 51.2 Å². The summed E-state index contributed by atoms with van der Waals surface area (Å²) in [4.78, 5) is 0. The summed E-state index contributed by atoms with van der Waals surface area (Å²) in [5, 5.41) is 18.2. The predicted octanol–water partition coefficient (Wildman–Crippen LogP) is 2.25. The summed E-state index contributed by atoms with van der Waals surface area (Å²) in [7, 11) is 3.56. The number of aromatic nitrogens is 4. The van der Waals surface area contributed by atoms with E-state index in [-0.39, 0.29) is 0 Å². The molecule has 0 fully saturated rings. The first-order chi connectivity index (χ1) is 11.3. The van der Waals surface area contributed by atoms with Crippen molar-refractivity contribution in [2.75, 3.05) is 19.4 Å². The fourth-order valence-corrected chi connectivity index (χ4v) is 3.21. The number of methoxy groups -OCH3 is 1. The summed E-state index contributed by atoms with van der Waals surface area (Å²) >= 11 is 1.64. The minimum Gasteiger partial charge on any atom is -0.496 e. The molecular formula is C16H19N5OS. The van der Waals surface area contributed by atoms with Crippen molar-refractivity contribution in [3.63, 3.8) is 0 Å². The van der Waals surface area contributed by atoms with Crippen LogP contribution in [0.4, 0.5) is 0 Å². The smallest absolute Gasteiger partial charge is 0.209 e. The lowest BCUT2D eigenvalue weighted by molar-refractivity contribution is 0.409. The van der Waals surface area contributed by atoms with E-state index in [1.54, 1.807) is 23.6 Å². The second-order valence-corrected chi connectivity index (χ2v) is 6.14. The lowest BCUT2D eigenvalue weighted by Gasteiger charge is -2.13. The van der Waals surface area contributed by atoms with Gasteiger partial charge in [-0.15, -0.1) is 5.10 Å². The molecule has 0 saturated heterocycles. The number of thioether (sulfide) groups is 1. The first kappa shape index (κ1) is 15.8. The van der Waals surface area contributed by atoms with Crippen LogP contribution in [0.2, 0.25) is 0 Å². The molecule has 0 unspecified atom stereocenters. The Balaban J connectivity index is 1.61. The van der Waals surface area contributed by atoms with Crippen molar-refractivity contribution < 1.29 is 4.74 Å². The minimum atomic E-state index is 0.766. The van der Waals surface area contributed by atoms with Crippen molar-refractivity contribution in [3.8, 4) is 5.75 Å². The highest BCUT2D eigenvalue weighted by Gasteiger charge is 2.08. The van der Waals surface area contributed by atoms with Gasteiger partial charge in [-0.1, -0.05) is 42.1 Å². The van der Waals surface area contributed by atoms with Gasteiger partial charge in [-0.3, -0.25) is 0 Å². The molecule has 6 nitrogen and oxygen atoms in total. The molecule has 1 aromatic heterocycles. The Morgan fingerprint density at radius 3 is 2.87 bits per heavy atom. The Morgan fingerprint density at radius 1 is 1.22 bits per heavy atom. The number of nitrogens with one attached hydrogen (secondary N) is 1. The number of hydrogen-bond donors (Lipinski definition) is 1. The molecule has 7 heteroatoms. The second kappa shape index (κ2) is 7.43. The summed E-state index contributed by atoms with van der Waals surface area (Å²) in [6.45, 7) is 1.63. The number of tetrazole rings is 1. The molecule has 0 amide bonds. The molecule has 0 spiro atoms. The van der Waals surface area contributed by atoms with Crippen molar-refractivity contribution in [2.24, 2.45) is 7.05 Å². The highest BCUT2D eigenvalue weighted by Crippen LogP contribution is 2.27. The summed E-state index contributed by atoms with van der Waals surface area (Å²) in [5.41, 5.74) is 1.19. The highest BCUT2D eigenvalue weighted by molar-refractivity contribution is 7.99. The van der Waals surface area contributed by atoms with Crippen LogP contribution in [0.15, 0.2) is 41.6 Å². The Bertz CT molecular complexity index is 789. The zero-order valence-corrected chi connectivity index (χ0v) is 14.0. The van der Waals surface area contributed by atoms with Gasteiger partial charge in [0.25, 0.3) is 0 Å². The molecule has 3 rings (SSSR count). The van der Waals surface area contributed by atoms with Gasteiger partial charge in [-0.2, -0.15) is 0 Å². The number of ether oxygens (including phenoxy) is 1. The van der Waals surface area contributed by atoms with Gasteiger partial charge in [0.1, 0.15) is 5.75 Å². The molecule has 1 N–H and O–H groups in total. The van der Waals surface area contributed by atoms with Crippen LogP contribution in [-0.4, -0.2) is 39.6 Å². The van der Waals surface area contributed by atoms with Gasteiger partial charge in [0.05, 0.1) is 7.11 Å². The Kier molecular flexibility index (Phi) is 5.09. The summed E-state index contributed by atoms with van der Waals surface area (Å²) in [6.07, 6.45) is 0. The average Bonchev–Trinajstić information content (AvgIpc) is 2.99. The van der Waals surface area contributed by atoms with Crippen molar-refractivity contribution in [1.29, 1.82) is 0 Å². The van der Waals surface area contributed by atoms with Gasteiger partial charge in [0.2, 0.25) is 5.16 Å². The van der Waals surface area contributed by atoms with Crippen LogP contribution in [0, 0.1) is 0 Å². The molecule has 0 radical (unpaired) electrons. The van der Waals surface area contributed by atoms with Gasteiger partial charge in [0.15, 0.2) is 0 Å². The zero-order valence-electron chi connectivity index (χ0n) is 13.2. The monoisotopic (exact) mass is 329 g/mol. The Labute approximate surface area is 139 Å². The van der Waals surface area contributed by atoms with E-state index in [0.29, 0.717) is 0 Å². The Hall–Kier alpha value is -2.12. The molecule has 0 aliphatic heterocycles. The Morgan fingerprint density at radius 2 is 2.09 bits per heavy atom. The fraction of sp³-hybridized carbons (Fsp3) is 0.312. The van der Waals surface area contributed by atoms with Gasteiger partial charge < -0.3 is 10.1 Å². The maximum absolute atomic E-state index is 5.51. The summed E-state index contributed by atoms with van der Waals surface area (Å²) in [6, 6.07) is 12.5. The van der Waals surface area contributed by atoms with Crippen molar-refractivity contribution in [3.05, 3.63) is 42.0 Å².